The minimum absolute atomic E-state index is 0.0758. The van der Waals surface area contributed by atoms with Gasteiger partial charge in [0.25, 0.3) is 0 Å². The van der Waals surface area contributed by atoms with Gasteiger partial charge in [0.05, 0.1) is 52.5 Å². The van der Waals surface area contributed by atoms with Crippen molar-refractivity contribution in [2.45, 2.75) is 36.5 Å². The lowest BCUT2D eigenvalue weighted by Crippen LogP contribution is -2.25. The lowest BCUT2D eigenvalue weighted by atomic mass is 10.3. The Balaban J connectivity index is 1.67. The maximum Gasteiger partial charge on any atom is 0.240 e. The van der Waals surface area contributed by atoms with Crippen LogP contribution in [0.1, 0.15) is 13.8 Å². The van der Waals surface area contributed by atoms with Crippen molar-refractivity contribution >= 4 is 49.8 Å². The summed E-state index contributed by atoms with van der Waals surface area (Å²) in [4.78, 5) is 13.9. The van der Waals surface area contributed by atoms with E-state index in [2.05, 4.69) is 46.4 Å². The second-order valence-electron chi connectivity index (χ2n) is 11.4. The third-order valence-electron chi connectivity index (χ3n) is 8.07. The van der Waals surface area contributed by atoms with Crippen LogP contribution >= 0.6 is 7.05 Å². The normalized spacial score (nSPS) is 11.9. The molecule has 2 aromatic heterocycles. The van der Waals surface area contributed by atoms with Crippen LogP contribution in [0, 0.1) is 0 Å². The highest BCUT2D eigenvalue weighted by atomic mass is 32.2. The highest BCUT2D eigenvalue weighted by molar-refractivity contribution is 7.91. The predicted octanol–water partition coefficient (Wildman–Crippen LogP) is 5.92. The van der Waals surface area contributed by atoms with E-state index in [1.807, 2.05) is 68.4 Å². The van der Waals surface area contributed by atoms with Gasteiger partial charge in [0.1, 0.15) is 6.33 Å². The van der Waals surface area contributed by atoms with Gasteiger partial charge < -0.3 is 18.9 Å². The molecule has 4 aromatic carbocycles. The molecule has 0 bridgehead atoms. The fourth-order valence-corrected chi connectivity index (χ4v) is 10.7. The van der Waals surface area contributed by atoms with E-state index in [1.165, 1.54) is 39.8 Å². The van der Waals surface area contributed by atoms with Crippen LogP contribution in [-0.2, 0) is 21.1 Å². The van der Waals surface area contributed by atoms with Gasteiger partial charge in [-0.15, -0.1) is 0 Å². The molecule has 11 nitrogen and oxygen atoms in total. The van der Waals surface area contributed by atoms with Gasteiger partial charge in [0, 0.05) is 28.0 Å². The second-order valence-corrected chi connectivity index (χ2v) is 16.3. The van der Waals surface area contributed by atoms with Crippen molar-refractivity contribution in [3.63, 3.8) is 0 Å². The summed E-state index contributed by atoms with van der Waals surface area (Å²) in [6.45, 7) is 4.20. The molecule has 258 valence electrons. The van der Waals surface area contributed by atoms with Crippen LogP contribution < -0.4 is 30.1 Å². The lowest BCUT2D eigenvalue weighted by Gasteiger charge is -2.26. The van der Waals surface area contributed by atoms with Crippen molar-refractivity contribution in [2.75, 3.05) is 27.9 Å². The van der Waals surface area contributed by atoms with Crippen LogP contribution in [0.4, 0.5) is 5.82 Å². The van der Waals surface area contributed by atoms with Crippen molar-refractivity contribution in [2.24, 2.45) is 4.74 Å². The topological polar surface area (TPSA) is 127 Å². The highest BCUT2D eigenvalue weighted by Crippen LogP contribution is 2.50. The van der Waals surface area contributed by atoms with Crippen LogP contribution in [0.15, 0.2) is 124 Å². The fraction of sp³-hybridized carbons (Fsp3) is 0.216. The largest absolute Gasteiger partial charge is 0.493 e. The minimum atomic E-state index is -4.31. The zero-order valence-corrected chi connectivity index (χ0v) is 30.1. The number of sulfone groups is 1. The molecule has 0 amide bonds. The van der Waals surface area contributed by atoms with Crippen LogP contribution in [-0.4, -0.2) is 62.0 Å². The van der Waals surface area contributed by atoms with Gasteiger partial charge in [-0.3, -0.25) is 4.57 Å². The number of nitrogens with zero attached hydrogens (tertiary/aromatic N) is 5. The molecule has 0 aliphatic heterocycles. The van der Waals surface area contributed by atoms with Gasteiger partial charge in [-0.2, -0.15) is 0 Å². The van der Waals surface area contributed by atoms with Crippen LogP contribution in [0.2, 0.25) is 0 Å². The smallest absolute Gasteiger partial charge is 0.240 e. The fourth-order valence-electron chi connectivity index (χ4n) is 5.78. The van der Waals surface area contributed by atoms with Crippen LogP contribution in [0.25, 0.3) is 11.2 Å². The van der Waals surface area contributed by atoms with E-state index >= 15 is 0 Å². The van der Waals surface area contributed by atoms with Crippen molar-refractivity contribution in [1.29, 1.82) is 0 Å². The first kappa shape index (κ1) is 34.8. The summed E-state index contributed by atoms with van der Waals surface area (Å²) in [5.74, 6) is 0.914. The standard InChI is InChI=1S/C37H38N5O6PS/c1-26(2)48-22-21-42-36-33(40-37(42)50(43,44)30-23-31(45-3)34(47-5)32(24-30)46-4)35(38-25-39-36)41-49(27-15-9-6-10-16-27,28-17-11-7-12-18-28)29-19-13-8-14-20-29/h6-20,23-26H,21-22H2,1-5H3. The van der Waals surface area contributed by atoms with E-state index in [1.54, 1.807) is 4.57 Å². The number of rotatable bonds is 13. The number of aromatic nitrogens is 4. The van der Waals surface area contributed by atoms with Crippen molar-refractivity contribution < 1.29 is 27.4 Å². The van der Waals surface area contributed by atoms with E-state index < -0.39 is 16.9 Å². The third kappa shape index (κ3) is 6.49. The number of ether oxygens (including phenoxy) is 4. The number of imidazole rings is 1. The maximum atomic E-state index is 14.6. The molecule has 0 aliphatic carbocycles. The number of hydrogen-bond acceptors (Lipinski definition) is 10. The third-order valence-corrected chi connectivity index (χ3v) is 13.3. The zero-order valence-electron chi connectivity index (χ0n) is 28.4. The molecule has 13 heteroatoms. The summed E-state index contributed by atoms with van der Waals surface area (Å²) < 4.78 is 58.5. The van der Waals surface area contributed by atoms with Gasteiger partial charge in [0.2, 0.25) is 20.7 Å². The Labute approximate surface area is 291 Å². The highest BCUT2D eigenvalue weighted by Gasteiger charge is 2.32. The monoisotopic (exact) mass is 711 g/mol. The molecule has 0 saturated carbocycles. The SMILES string of the molecule is COc1cc(S(=O)(=O)c2nc3c(N=P(c4ccccc4)(c4ccccc4)c4ccccc4)ncnc3n2CCOC(C)C)cc(OC)c1OC. The number of fused-ring (bicyclic) bond motifs is 1. The first-order valence-electron chi connectivity index (χ1n) is 15.9. The zero-order chi connectivity index (χ0) is 35.3. The van der Waals surface area contributed by atoms with Crippen LogP contribution in [0.3, 0.4) is 0 Å². The summed E-state index contributed by atoms with van der Waals surface area (Å²) in [7, 11) is -2.78. The second kappa shape index (κ2) is 14.8. The summed E-state index contributed by atoms with van der Waals surface area (Å²) in [6.07, 6.45) is 1.32. The van der Waals surface area contributed by atoms with E-state index in [0.717, 1.165) is 15.9 Å². The molecular weight excluding hydrogens is 673 g/mol. The Morgan fingerprint density at radius 2 is 1.28 bits per heavy atom. The van der Waals surface area contributed by atoms with Gasteiger partial charge in [-0.1, -0.05) is 91.0 Å². The quantitative estimate of drug-likeness (QED) is 0.134. The molecule has 50 heavy (non-hydrogen) atoms. The molecule has 0 saturated heterocycles. The molecule has 6 aromatic rings. The van der Waals surface area contributed by atoms with E-state index in [9.17, 15) is 8.42 Å². The predicted molar refractivity (Wildman–Crippen MR) is 195 cm³/mol. The summed E-state index contributed by atoms with van der Waals surface area (Å²) in [5, 5.41) is 2.76. The average molecular weight is 712 g/mol. The molecule has 0 spiro atoms. The van der Waals surface area contributed by atoms with Crippen molar-refractivity contribution in [3.8, 4) is 17.2 Å². The van der Waals surface area contributed by atoms with Crippen LogP contribution in [0.5, 0.6) is 17.2 Å². The first-order valence-corrected chi connectivity index (χ1v) is 19.1. The van der Waals surface area contributed by atoms with Gasteiger partial charge in [-0.05, 0) is 13.8 Å². The van der Waals surface area contributed by atoms with E-state index in [0.29, 0.717) is 5.65 Å². The lowest BCUT2D eigenvalue weighted by molar-refractivity contribution is 0.0720. The van der Waals surface area contributed by atoms with Crippen molar-refractivity contribution in [3.05, 3.63) is 109 Å². The molecule has 0 aliphatic rings. The first-order chi connectivity index (χ1) is 24.2. The Bertz CT molecular complexity index is 2140. The Morgan fingerprint density at radius 3 is 1.74 bits per heavy atom. The summed E-state index contributed by atoms with van der Waals surface area (Å²) in [6, 6.07) is 33.0. The molecule has 0 fully saturated rings. The van der Waals surface area contributed by atoms with Gasteiger partial charge in [-0.25, -0.2) is 28.1 Å². The average Bonchev–Trinajstić information content (AvgIpc) is 3.54. The van der Waals surface area contributed by atoms with Crippen molar-refractivity contribution in [1.82, 2.24) is 19.5 Å². The van der Waals surface area contributed by atoms with E-state index in [4.69, 9.17) is 28.7 Å². The Kier molecular flexibility index (Phi) is 10.3. The molecule has 2 heterocycles. The Hall–Kier alpha value is -5.03. The molecule has 0 unspecified atom stereocenters. The Morgan fingerprint density at radius 1 is 0.760 bits per heavy atom. The number of hydrogen-bond donors (Lipinski definition) is 0. The van der Waals surface area contributed by atoms with Gasteiger partial charge in [0.15, 0.2) is 28.5 Å². The van der Waals surface area contributed by atoms with E-state index in [-0.39, 0.29) is 57.9 Å². The number of methoxy groups -OCH3 is 3. The molecular formula is C37H38N5O6PS. The molecule has 0 radical (unpaired) electrons. The summed E-state index contributed by atoms with van der Waals surface area (Å²) >= 11 is 0. The minimum Gasteiger partial charge on any atom is -0.493 e. The molecule has 0 N–H and O–H groups in total. The maximum absolute atomic E-state index is 14.6. The van der Waals surface area contributed by atoms with Gasteiger partial charge >= 0.3 is 0 Å². The molecule has 0 atom stereocenters. The molecule has 6 rings (SSSR count). The summed E-state index contributed by atoms with van der Waals surface area (Å²) in [5.41, 5.74) is 0.555. The number of benzene rings is 4.